The molecule has 2 unspecified atom stereocenters. The van der Waals surface area contributed by atoms with E-state index < -0.39 is 28.0 Å². The zero-order valence-corrected chi connectivity index (χ0v) is 17.9. The second-order valence-corrected chi connectivity index (χ2v) is 10.2. The lowest BCUT2D eigenvalue weighted by atomic mass is 10.0. The normalized spacial score (nSPS) is 24.1. The Morgan fingerprint density at radius 1 is 1.39 bits per heavy atom. The highest BCUT2D eigenvalue weighted by Gasteiger charge is 2.63. The lowest BCUT2D eigenvalue weighted by Gasteiger charge is -2.24. The van der Waals surface area contributed by atoms with E-state index in [1.54, 1.807) is 13.2 Å². The van der Waals surface area contributed by atoms with Crippen LogP contribution in [0.3, 0.4) is 0 Å². The molecule has 0 spiro atoms. The number of alkyl halides is 3. The number of aryl methyl sites for hydroxylation is 1. The number of nitrogens with zero attached hydrogens (tertiary/aromatic N) is 2. The summed E-state index contributed by atoms with van der Waals surface area (Å²) in [6, 6.07) is 3.30. The van der Waals surface area contributed by atoms with E-state index in [4.69, 9.17) is 9.15 Å². The number of piperidine rings is 1. The number of amides is 1. The van der Waals surface area contributed by atoms with Gasteiger partial charge in [0, 0.05) is 31.7 Å². The van der Waals surface area contributed by atoms with Gasteiger partial charge in [-0.2, -0.15) is 13.2 Å². The Morgan fingerprint density at radius 3 is 2.68 bits per heavy atom. The highest BCUT2D eigenvalue weighted by molar-refractivity contribution is 7.90. The van der Waals surface area contributed by atoms with E-state index in [0.717, 1.165) is 43.5 Å². The summed E-state index contributed by atoms with van der Waals surface area (Å²) in [7, 11) is -3.68. The minimum absolute atomic E-state index is 0.164. The number of halogens is 3. The van der Waals surface area contributed by atoms with E-state index >= 15 is 0 Å². The van der Waals surface area contributed by atoms with Gasteiger partial charge in [-0.1, -0.05) is 0 Å². The third kappa shape index (κ3) is 3.90. The highest BCUT2D eigenvalue weighted by Crippen LogP contribution is 2.58. The van der Waals surface area contributed by atoms with Gasteiger partial charge in [-0.15, -0.1) is 0 Å². The lowest BCUT2D eigenvalue weighted by Crippen LogP contribution is -2.35. The molecule has 1 aliphatic carbocycles. The van der Waals surface area contributed by atoms with E-state index in [-0.39, 0.29) is 27.5 Å². The summed E-state index contributed by atoms with van der Waals surface area (Å²) in [6.45, 7) is 3.26. The maximum absolute atomic E-state index is 13.2. The van der Waals surface area contributed by atoms with Gasteiger partial charge in [0.25, 0.3) is 5.91 Å². The Bertz CT molecular complexity index is 1140. The molecule has 1 aliphatic heterocycles. The van der Waals surface area contributed by atoms with Gasteiger partial charge in [0.2, 0.25) is 0 Å². The van der Waals surface area contributed by atoms with Gasteiger partial charge in [0.1, 0.15) is 12.0 Å². The molecule has 2 aromatic rings. The number of aromatic nitrogens is 1. The largest absolute Gasteiger partial charge is 0.480 e. The van der Waals surface area contributed by atoms with Crippen molar-refractivity contribution in [3.63, 3.8) is 0 Å². The quantitative estimate of drug-likeness (QED) is 0.684. The molecule has 1 saturated heterocycles. The van der Waals surface area contributed by atoms with E-state index in [9.17, 15) is 26.4 Å². The summed E-state index contributed by atoms with van der Waals surface area (Å²) in [5.74, 6) is -0.217. The Labute approximate surface area is 177 Å². The van der Waals surface area contributed by atoms with Gasteiger partial charge in [-0.25, -0.2) is 13.4 Å². The van der Waals surface area contributed by atoms with Gasteiger partial charge in [-0.05, 0) is 37.5 Å². The van der Waals surface area contributed by atoms with Gasteiger partial charge in [0.15, 0.2) is 21.8 Å². The zero-order valence-electron chi connectivity index (χ0n) is 17.1. The second-order valence-electron chi connectivity index (χ2n) is 8.23. The third-order valence-electron chi connectivity index (χ3n) is 5.94. The van der Waals surface area contributed by atoms with Crippen molar-refractivity contribution >= 4 is 15.7 Å². The Balaban J connectivity index is 1.65. The van der Waals surface area contributed by atoms with E-state index in [1.807, 2.05) is 0 Å². The molecular weight excluding hydrogens is 437 g/mol. The molecule has 1 saturated carbocycles. The van der Waals surface area contributed by atoms with Crippen molar-refractivity contribution in [1.29, 1.82) is 0 Å². The monoisotopic (exact) mass is 458 g/mol. The van der Waals surface area contributed by atoms with Crippen LogP contribution in [0.2, 0.25) is 0 Å². The van der Waals surface area contributed by atoms with Crippen LogP contribution < -0.4 is 4.74 Å². The number of likely N-dealkylation sites (tertiary alicyclic amines) is 1. The molecule has 168 valence electrons. The van der Waals surface area contributed by atoms with Crippen molar-refractivity contribution in [3.05, 3.63) is 41.6 Å². The predicted octanol–water partition coefficient (Wildman–Crippen LogP) is 3.13. The average molecular weight is 458 g/mol. The van der Waals surface area contributed by atoms with Gasteiger partial charge >= 0.3 is 6.18 Å². The number of benzene rings is 1. The van der Waals surface area contributed by atoms with Crippen molar-refractivity contribution in [2.75, 3.05) is 19.3 Å². The molecule has 1 aromatic carbocycles. The Kier molecular flexibility index (Phi) is 4.87. The fraction of sp³-hybridized carbons (Fsp3) is 0.500. The number of fused-ring (bicyclic) bond motifs is 1. The summed E-state index contributed by atoms with van der Waals surface area (Å²) in [6.07, 6.45) is -3.45. The van der Waals surface area contributed by atoms with Crippen LogP contribution in [0.15, 0.2) is 33.8 Å². The van der Waals surface area contributed by atoms with Gasteiger partial charge in [-0.3, -0.25) is 4.79 Å². The summed E-state index contributed by atoms with van der Waals surface area (Å²) in [4.78, 5) is 19.0. The summed E-state index contributed by atoms with van der Waals surface area (Å²) >= 11 is 0. The number of oxazole rings is 1. The molecule has 2 heterocycles. The number of hydrogen-bond donors (Lipinski definition) is 0. The summed E-state index contributed by atoms with van der Waals surface area (Å²) < 4.78 is 73.2. The lowest BCUT2D eigenvalue weighted by molar-refractivity contribution is -0.189. The molecule has 1 amide bonds. The SMILES string of the molecule is Cc1nc(C23CC2CN(C(=O)c2cc(S(C)(=O)=O)ccc2O[C@@H](C)C(F)(F)F)C3)co1. The number of sulfone groups is 1. The molecular formula is C20H21F3N2O5S. The molecule has 0 N–H and O–H groups in total. The van der Waals surface area contributed by atoms with E-state index in [2.05, 4.69) is 4.98 Å². The number of rotatable bonds is 5. The van der Waals surface area contributed by atoms with E-state index in [1.165, 1.54) is 4.90 Å². The van der Waals surface area contributed by atoms with Crippen LogP contribution in [0.1, 0.15) is 35.3 Å². The van der Waals surface area contributed by atoms with Crippen LogP contribution in [-0.2, 0) is 15.3 Å². The van der Waals surface area contributed by atoms with Gasteiger partial charge < -0.3 is 14.1 Å². The minimum atomic E-state index is -4.64. The molecule has 3 atom stereocenters. The van der Waals surface area contributed by atoms with Crippen LogP contribution in [0.5, 0.6) is 5.75 Å². The van der Waals surface area contributed by atoms with Crippen molar-refractivity contribution < 1.29 is 35.5 Å². The first-order chi connectivity index (χ1) is 14.3. The number of hydrogen-bond acceptors (Lipinski definition) is 6. The van der Waals surface area contributed by atoms with Crippen molar-refractivity contribution in [1.82, 2.24) is 9.88 Å². The van der Waals surface area contributed by atoms with E-state index in [0.29, 0.717) is 19.0 Å². The number of carbonyl (C=O) groups is 1. The summed E-state index contributed by atoms with van der Waals surface area (Å²) in [5.41, 5.74) is 0.200. The minimum Gasteiger partial charge on any atom is -0.480 e. The Morgan fingerprint density at radius 2 is 2.10 bits per heavy atom. The van der Waals surface area contributed by atoms with Crippen LogP contribution in [0, 0.1) is 12.8 Å². The van der Waals surface area contributed by atoms with Crippen molar-refractivity contribution in [2.45, 2.75) is 42.9 Å². The molecule has 11 heteroatoms. The maximum Gasteiger partial charge on any atom is 0.425 e. The second kappa shape index (κ2) is 6.98. The molecule has 1 aromatic heterocycles. The standard InChI is InChI=1S/C20H21F3N2O5S/c1-11(20(21,22)23)30-16-5-4-14(31(3,27)28)6-15(16)18(26)25-8-13-7-19(13,10-25)17-9-29-12(2)24-17/h4-6,9,11,13H,7-8,10H2,1-3H3/t11-,13?,19?/m0/s1. The smallest absolute Gasteiger partial charge is 0.425 e. The van der Waals surface area contributed by atoms with Gasteiger partial charge in [0.05, 0.1) is 16.2 Å². The molecule has 2 aliphatic rings. The third-order valence-corrected chi connectivity index (χ3v) is 7.05. The van der Waals surface area contributed by atoms with Crippen LogP contribution >= 0.6 is 0 Å². The molecule has 0 radical (unpaired) electrons. The molecule has 4 rings (SSSR count). The number of ether oxygens (including phenoxy) is 1. The average Bonchev–Trinajstić information content (AvgIpc) is 2.99. The maximum atomic E-state index is 13.2. The predicted molar refractivity (Wildman–Crippen MR) is 103 cm³/mol. The first-order valence-electron chi connectivity index (χ1n) is 9.60. The Hall–Kier alpha value is -2.56. The zero-order chi connectivity index (χ0) is 22.8. The number of carbonyl (C=O) groups excluding carboxylic acids is 1. The highest BCUT2D eigenvalue weighted by atomic mass is 32.2. The van der Waals surface area contributed by atoms with Crippen LogP contribution in [0.4, 0.5) is 13.2 Å². The first kappa shape index (κ1) is 21.7. The molecule has 31 heavy (non-hydrogen) atoms. The summed E-state index contributed by atoms with van der Waals surface area (Å²) in [5, 5.41) is 0. The van der Waals surface area contributed by atoms with Crippen LogP contribution in [0.25, 0.3) is 0 Å². The topological polar surface area (TPSA) is 89.7 Å². The molecule has 2 fully saturated rings. The van der Waals surface area contributed by atoms with Crippen molar-refractivity contribution in [3.8, 4) is 5.75 Å². The fourth-order valence-electron chi connectivity index (χ4n) is 4.06. The first-order valence-corrected chi connectivity index (χ1v) is 11.5. The fourth-order valence-corrected chi connectivity index (χ4v) is 4.71. The van der Waals surface area contributed by atoms with Crippen LogP contribution in [-0.4, -0.2) is 55.8 Å². The molecule has 0 bridgehead atoms. The van der Waals surface area contributed by atoms with Crippen molar-refractivity contribution in [2.24, 2.45) is 5.92 Å². The molecule has 7 nitrogen and oxygen atoms in total.